The predicted molar refractivity (Wildman–Crippen MR) is 235 cm³/mol. The molecule has 2 aromatic rings. The second-order valence-corrected chi connectivity index (χ2v) is 15.3. The van der Waals surface area contributed by atoms with Crippen molar-refractivity contribution in [1.82, 2.24) is 15.2 Å². The summed E-state index contributed by atoms with van der Waals surface area (Å²) in [4.78, 5) is 130. The summed E-state index contributed by atoms with van der Waals surface area (Å²) in [6, 6.07) is 4.65. The van der Waals surface area contributed by atoms with Gasteiger partial charge in [0, 0.05) is 35.7 Å². The zero-order chi connectivity index (χ0) is 51.2. The molecule has 0 aliphatic carbocycles. The van der Waals surface area contributed by atoms with Gasteiger partial charge in [-0.05, 0) is 105 Å². The number of aromatic amines is 1. The van der Waals surface area contributed by atoms with Gasteiger partial charge < -0.3 is 63.1 Å². The van der Waals surface area contributed by atoms with Gasteiger partial charge in [-0.1, -0.05) is 13.8 Å². The molecule has 1 aromatic heterocycles. The van der Waals surface area contributed by atoms with E-state index < -0.39 is 96.6 Å². The molecule has 372 valence electrons. The van der Waals surface area contributed by atoms with Crippen molar-refractivity contribution in [2.45, 2.75) is 119 Å². The highest BCUT2D eigenvalue weighted by Crippen LogP contribution is 2.37. The van der Waals surface area contributed by atoms with Crippen LogP contribution in [-0.2, 0) is 76.3 Å². The molecule has 1 aliphatic heterocycles. The molecule has 2 amide bonds. The number of carbonyl (C=O) groups is 10. The Bertz CT molecular complexity index is 2280. The lowest BCUT2D eigenvalue weighted by atomic mass is 10.0. The van der Waals surface area contributed by atoms with E-state index in [1.807, 2.05) is 0 Å². The molecule has 0 fully saturated rings. The van der Waals surface area contributed by atoms with Gasteiger partial charge in [-0.15, -0.1) is 0 Å². The number of carbonyl (C=O) groups excluding carboxylic acids is 10. The summed E-state index contributed by atoms with van der Waals surface area (Å²) < 4.78 is 44.1. The minimum Gasteiger partial charge on any atom is -0.479 e. The lowest BCUT2D eigenvalue weighted by Crippen LogP contribution is -2.39. The number of aryl methyl sites for hydroxylation is 1. The quantitative estimate of drug-likeness (QED) is 0.0661. The van der Waals surface area contributed by atoms with Crippen LogP contribution in [0.25, 0.3) is 11.6 Å². The first-order valence-corrected chi connectivity index (χ1v) is 21.5. The number of benzene rings is 1. The van der Waals surface area contributed by atoms with Crippen molar-refractivity contribution >= 4 is 77.1 Å². The molecule has 0 bridgehead atoms. The Morgan fingerprint density at radius 1 is 0.662 bits per heavy atom. The number of ether oxygens (including phenoxy) is 9. The van der Waals surface area contributed by atoms with Crippen LogP contribution < -0.4 is 15.4 Å². The van der Waals surface area contributed by atoms with Crippen molar-refractivity contribution in [3.05, 3.63) is 46.3 Å². The third-order valence-corrected chi connectivity index (χ3v) is 10.1. The van der Waals surface area contributed by atoms with Crippen molar-refractivity contribution < 1.29 is 90.6 Å². The van der Waals surface area contributed by atoms with E-state index in [9.17, 15) is 47.9 Å². The number of nitrogens with one attached hydrogen (secondary N) is 3. The van der Waals surface area contributed by atoms with Crippen LogP contribution in [0.2, 0.25) is 0 Å². The van der Waals surface area contributed by atoms with Gasteiger partial charge in [-0.3, -0.25) is 9.59 Å². The molecule has 7 unspecified atom stereocenters. The summed E-state index contributed by atoms with van der Waals surface area (Å²) in [7, 11) is 0.952. The number of hydrogen-bond acceptors (Lipinski definition) is 20. The SMILES string of the molecule is CCN(CC)CCNC(=O)c1c(C)[nH]c(/C=C2\C(=O)Nc3ccc(OC(C)C(=O)OC(C)C(=O)OC(C)C(=O)OC(C)C(=O)OC(C)C(=O)OC(C)C(=O)OC(C)C(=O)OC(=O)OC)cc32)c1C. The Kier molecular flexibility index (Phi) is 20.2. The van der Waals surface area contributed by atoms with Gasteiger partial charge in [0.1, 0.15) is 5.75 Å². The number of likely N-dealkylation sites (N-methyl/N-ethyl adjacent to an activating group) is 1. The topological polar surface area (TPSA) is 297 Å². The fourth-order valence-corrected chi connectivity index (χ4v) is 6.11. The highest BCUT2D eigenvalue weighted by atomic mass is 16.7. The lowest BCUT2D eigenvalue weighted by Gasteiger charge is -2.21. The van der Waals surface area contributed by atoms with Gasteiger partial charge in [0.25, 0.3) is 11.8 Å². The molecule has 3 rings (SSSR count). The van der Waals surface area contributed by atoms with Crippen LogP contribution >= 0.6 is 0 Å². The maximum atomic E-state index is 13.1. The van der Waals surface area contributed by atoms with E-state index in [4.69, 9.17) is 33.2 Å². The van der Waals surface area contributed by atoms with Gasteiger partial charge in [-0.25, -0.2) is 38.4 Å². The summed E-state index contributed by atoms with van der Waals surface area (Å²) >= 11 is 0. The Morgan fingerprint density at radius 3 is 1.54 bits per heavy atom. The number of esters is 7. The van der Waals surface area contributed by atoms with Crippen molar-refractivity contribution in [3.63, 3.8) is 0 Å². The van der Waals surface area contributed by atoms with Gasteiger partial charge in [0.15, 0.2) is 42.7 Å². The first kappa shape index (κ1) is 55.0. The number of nitrogens with zero attached hydrogens (tertiary/aromatic N) is 1. The van der Waals surface area contributed by atoms with Gasteiger partial charge in [0.2, 0.25) is 0 Å². The molecule has 7 atom stereocenters. The van der Waals surface area contributed by atoms with Crippen LogP contribution in [0.4, 0.5) is 10.5 Å². The third kappa shape index (κ3) is 15.1. The monoisotopic (exact) mass is 958 g/mol. The number of aromatic nitrogens is 1. The number of fused-ring (bicyclic) bond motifs is 1. The van der Waals surface area contributed by atoms with Gasteiger partial charge in [0.05, 0.1) is 18.2 Å². The summed E-state index contributed by atoms with van der Waals surface area (Å²) in [6.07, 6.45) is -10.6. The van der Waals surface area contributed by atoms with Crippen molar-refractivity contribution in [1.29, 1.82) is 0 Å². The molecule has 2 heterocycles. The zero-order valence-electron chi connectivity index (χ0n) is 39.9. The number of H-pyrrole nitrogens is 1. The number of methoxy groups -OCH3 is 1. The maximum Gasteiger partial charge on any atom is 0.515 e. The van der Waals surface area contributed by atoms with Crippen LogP contribution in [0.3, 0.4) is 0 Å². The molecule has 1 aromatic carbocycles. The van der Waals surface area contributed by atoms with E-state index in [0.29, 0.717) is 46.9 Å². The summed E-state index contributed by atoms with van der Waals surface area (Å²) in [5.74, 6) is -8.74. The second-order valence-electron chi connectivity index (χ2n) is 15.3. The lowest BCUT2D eigenvalue weighted by molar-refractivity contribution is -0.188. The first-order chi connectivity index (χ1) is 31.9. The standard InChI is InChI=1S/C45H58N4O19/c1-13-49(14-2)18-17-46-37(51)35-21(3)34(47-22(35)4)20-32-31-19-30(15-16-33(31)48-36(32)50)61-23(5)38(52)62-24(6)39(53)63-25(7)40(54)64-26(8)41(55)65-27(9)42(56)66-28(10)43(57)67-29(11)44(58)68-45(59)60-12/h15-16,19-20,23-29,47H,13-14,17-18H2,1-12H3,(H,46,51)(H,48,50)/b32-20-. The Morgan fingerprint density at radius 2 is 1.10 bits per heavy atom. The van der Waals surface area contributed by atoms with Crippen molar-refractivity contribution in [2.24, 2.45) is 0 Å². The van der Waals surface area contributed by atoms with E-state index >= 15 is 0 Å². The van der Waals surface area contributed by atoms with E-state index in [0.717, 1.165) is 54.8 Å². The smallest absolute Gasteiger partial charge is 0.479 e. The number of amides is 2. The van der Waals surface area contributed by atoms with Crippen LogP contribution in [-0.4, -0.2) is 146 Å². The third-order valence-electron chi connectivity index (χ3n) is 10.1. The number of rotatable bonds is 22. The minimum absolute atomic E-state index is 0.179. The average molecular weight is 959 g/mol. The summed E-state index contributed by atoms with van der Waals surface area (Å²) in [6.45, 7) is 18.6. The molecule has 3 N–H and O–H groups in total. The Balaban J connectivity index is 1.51. The molecule has 68 heavy (non-hydrogen) atoms. The highest BCUT2D eigenvalue weighted by molar-refractivity contribution is 6.35. The number of hydrogen-bond donors (Lipinski definition) is 3. The summed E-state index contributed by atoms with van der Waals surface area (Å²) in [5.41, 5.74) is 3.53. The normalized spacial score (nSPS) is 15.4. The van der Waals surface area contributed by atoms with Crippen molar-refractivity contribution in [3.8, 4) is 5.75 Å². The molecular weight excluding hydrogens is 901 g/mol. The molecule has 23 heteroatoms. The molecular formula is C45H58N4O19. The largest absolute Gasteiger partial charge is 0.515 e. The number of anilines is 1. The van der Waals surface area contributed by atoms with Crippen LogP contribution in [0, 0.1) is 13.8 Å². The van der Waals surface area contributed by atoms with Crippen LogP contribution in [0.5, 0.6) is 5.75 Å². The molecule has 1 aliphatic rings. The predicted octanol–water partition coefficient (Wildman–Crippen LogP) is 2.86. The molecule has 0 spiro atoms. The molecule has 0 saturated carbocycles. The molecule has 23 nitrogen and oxygen atoms in total. The van der Waals surface area contributed by atoms with E-state index in [2.05, 4.69) is 43.8 Å². The summed E-state index contributed by atoms with van der Waals surface area (Å²) in [5, 5.41) is 5.74. The maximum absolute atomic E-state index is 13.1. The Hall–Kier alpha value is -7.30. The fraction of sp³-hybridized carbons (Fsp3) is 0.511. The minimum atomic E-state index is -1.64. The zero-order valence-corrected chi connectivity index (χ0v) is 39.9. The van der Waals surface area contributed by atoms with Crippen molar-refractivity contribution in [2.75, 3.05) is 38.6 Å². The average Bonchev–Trinajstić information content (AvgIpc) is 3.75. The van der Waals surface area contributed by atoms with Crippen LogP contribution in [0.15, 0.2) is 18.2 Å². The van der Waals surface area contributed by atoms with E-state index in [1.165, 1.54) is 19.9 Å². The van der Waals surface area contributed by atoms with E-state index in [1.54, 1.807) is 32.1 Å². The fourth-order valence-electron chi connectivity index (χ4n) is 6.11. The van der Waals surface area contributed by atoms with Crippen LogP contribution in [0.1, 0.15) is 95.2 Å². The second kappa shape index (κ2) is 25.0. The first-order valence-electron chi connectivity index (χ1n) is 21.5. The van der Waals surface area contributed by atoms with Gasteiger partial charge >= 0.3 is 47.9 Å². The van der Waals surface area contributed by atoms with E-state index in [-0.39, 0.29) is 17.2 Å². The highest BCUT2D eigenvalue weighted by Gasteiger charge is 2.34. The van der Waals surface area contributed by atoms with Gasteiger partial charge in [-0.2, -0.15) is 0 Å². The Labute approximate surface area is 391 Å². The molecule has 0 saturated heterocycles. The molecule has 0 radical (unpaired) electrons.